The van der Waals surface area contributed by atoms with Gasteiger partial charge < -0.3 is 5.32 Å². The highest BCUT2D eigenvalue weighted by atomic mass is 16.1. The van der Waals surface area contributed by atoms with Crippen molar-refractivity contribution in [3.8, 4) is 0 Å². The van der Waals surface area contributed by atoms with Crippen LogP contribution in [0.3, 0.4) is 0 Å². The Hall–Kier alpha value is -2.09. The Bertz CT molecular complexity index is 688. The van der Waals surface area contributed by atoms with E-state index < -0.39 is 0 Å². The molecule has 1 aliphatic rings. The van der Waals surface area contributed by atoms with E-state index in [9.17, 15) is 4.79 Å². The fraction of sp³-hybridized carbons (Fsp3) is 0.316. The van der Waals surface area contributed by atoms with Crippen LogP contribution in [0.4, 0.5) is 5.69 Å². The molecule has 0 atom stereocenters. The molecule has 2 heteroatoms. The number of para-hydroxylation sites is 1. The lowest BCUT2D eigenvalue weighted by Gasteiger charge is -2.13. The van der Waals surface area contributed by atoms with Crippen LogP contribution >= 0.6 is 0 Å². The van der Waals surface area contributed by atoms with Crippen LogP contribution in [0.25, 0.3) is 0 Å². The van der Waals surface area contributed by atoms with Crippen LogP contribution in [0, 0.1) is 6.92 Å². The molecule has 0 fully saturated rings. The van der Waals surface area contributed by atoms with Gasteiger partial charge in [-0.05, 0) is 67.0 Å². The molecule has 0 bridgehead atoms. The van der Waals surface area contributed by atoms with Gasteiger partial charge in [0.25, 0.3) is 5.91 Å². The van der Waals surface area contributed by atoms with Crippen molar-refractivity contribution in [2.75, 3.05) is 5.32 Å². The fourth-order valence-electron chi connectivity index (χ4n) is 3.10. The molecular weight excluding hydrogens is 258 g/mol. The summed E-state index contributed by atoms with van der Waals surface area (Å²) in [6.07, 6.45) is 4.37. The molecule has 0 heterocycles. The zero-order chi connectivity index (χ0) is 14.8. The molecule has 0 spiro atoms. The third-order valence-corrected chi connectivity index (χ3v) is 4.34. The lowest BCUT2D eigenvalue weighted by atomic mass is 10.0. The third kappa shape index (κ3) is 2.71. The molecule has 3 rings (SSSR count). The Morgan fingerprint density at radius 2 is 1.95 bits per heavy atom. The minimum absolute atomic E-state index is 0.00583. The maximum absolute atomic E-state index is 12.5. The summed E-state index contributed by atoms with van der Waals surface area (Å²) in [5, 5.41) is 3.10. The molecule has 0 unspecified atom stereocenters. The zero-order valence-corrected chi connectivity index (χ0v) is 12.7. The molecule has 0 aliphatic heterocycles. The Kier molecular flexibility index (Phi) is 3.78. The summed E-state index contributed by atoms with van der Waals surface area (Å²) >= 11 is 0. The van der Waals surface area contributed by atoms with Gasteiger partial charge in [0.15, 0.2) is 0 Å². The number of hydrogen-bond acceptors (Lipinski definition) is 1. The first-order valence-corrected chi connectivity index (χ1v) is 7.70. The highest BCUT2D eigenvalue weighted by molar-refractivity contribution is 6.05. The quantitative estimate of drug-likeness (QED) is 0.891. The number of aryl methyl sites for hydroxylation is 4. The number of anilines is 1. The molecule has 1 aliphatic carbocycles. The molecule has 0 saturated heterocycles. The Balaban J connectivity index is 1.87. The monoisotopic (exact) mass is 279 g/mol. The van der Waals surface area contributed by atoms with Crippen LogP contribution < -0.4 is 5.32 Å². The Morgan fingerprint density at radius 1 is 1.14 bits per heavy atom. The summed E-state index contributed by atoms with van der Waals surface area (Å²) in [5.41, 5.74) is 6.76. The van der Waals surface area contributed by atoms with Gasteiger partial charge >= 0.3 is 0 Å². The van der Waals surface area contributed by atoms with E-state index in [4.69, 9.17) is 0 Å². The van der Waals surface area contributed by atoms with Crippen molar-refractivity contribution in [3.05, 3.63) is 64.2 Å². The first-order valence-electron chi connectivity index (χ1n) is 7.70. The van der Waals surface area contributed by atoms with E-state index in [0.717, 1.165) is 36.1 Å². The molecule has 2 nitrogen and oxygen atoms in total. The molecule has 0 saturated carbocycles. The lowest BCUT2D eigenvalue weighted by Crippen LogP contribution is -2.14. The van der Waals surface area contributed by atoms with Crippen molar-refractivity contribution in [1.29, 1.82) is 0 Å². The maximum Gasteiger partial charge on any atom is 0.255 e. The second-order valence-corrected chi connectivity index (χ2v) is 5.75. The number of benzene rings is 2. The van der Waals surface area contributed by atoms with Gasteiger partial charge in [-0.3, -0.25) is 4.79 Å². The number of carbonyl (C=O) groups excluding carboxylic acids is 1. The minimum Gasteiger partial charge on any atom is -0.321 e. The predicted octanol–water partition coefficient (Wildman–Crippen LogP) is 4.30. The second kappa shape index (κ2) is 5.72. The lowest BCUT2D eigenvalue weighted by molar-refractivity contribution is 0.102. The topological polar surface area (TPSA) is 29.1 Å². The standard InChI is InChI=1S/C19H21NO/c1-3-14-7-4-6-13(2)18(14)20-19(21)17-11-10-15-8-5-9-16(15)12-17/h4,6-7,10-12H,3,5,8-9H2,1-2H3,(H,20,21). The van der Waals surface area contributed by atoms with E-state index in [2.05, 4.69) is 30.4 Å². The van der Waals surface area contributed by atoms with Gasteiger partial charge in [-0.15, -0.1) is 0 Å². The van der Waals surface area contributed by atoms with Crippen LogP contribution in [0.1, 0.15) is 46.0 Å². The minimum atomic E-state index is -0.00583. The van der Waals surface area contributed by atoms with Crippen LogP contribution in [0.2, 0.25) is 0 Å². The molecule has 1 amide bonds. The highest BCUT2D eigenvalue weighted by Crippen LogP contribution is 2.25. The Labute approximate surface area is 126 Å². The van der Waals surface area contributed by atoms with Gasteiger partial charge in [0.2, 0.25) is 0 Å². The molecule has 2 aromatic carbocycles. The predicted molar refractivity (Wildman–Crippen MR) is 87.0 cm³/mol. The van der Waals surface area contributed by atoms with Gasteiger partial charge in [0, 0.05) is 11.3 Å². The molecular formula is C19H21NO. The second-order valence-electron chi connectivity index (χ2n) is 5.75. The van der Waals surface area contributed by atoms with E-state index in [1.54, 1.807) is 0 Å². The number of nitrogens with one attached hydrogen (secondary N) is 1. The largest absolute Gasteiger partial charge is 0.321 e. The van der Waals surface area contributed by atoms with E-state index >= 15 is 0 Å². The maximum atomic E-state index is 12.5. The summed E-state index contributed by atoms with van der Waals surface area (Å²) in [4.78, 5) is 12.5. The molecule has 108 valence electrons. The SMILES string of the molecule is CCc1cccc(C)c1NC(=O)c1ccc2c(c1)CCC2. The molecule has 0 radical (unpaired) electrons. The van der Waals surface area contributed by atoms with Crippen LogP contribution in [-0.4, -0.2) is 5.91 Å². The highest BCUT2D eigenvalue weighted by Gasteiger charge is 2.15. The van der Waals surface area contributed by atoms with Crippen molar-refractivity contribution in [2.45, 2.75) is 39.5 Å². The number of carbonyl (C=O) groups is 1. The molecule has 1 N–H and O–H groups in total. The van der Waals surface area contributed by atoms with Crippen molar-refractivity contribution in [3.63, 3.8) is 0 Å². The number of amides is 1. The van der Waals surface area contributed by atoms with Gasteiger partial charge in [-0.2, -0.15) is 0 Å². The van der Waals surface area contributed by atoms with Crippen LogP contribution in [0.15, 0.2) is 36.4 Å². The van der Waals surface area contributed by atoms with Crippen molar-refractivity contribution in [2.24, 2.45) is 0 Å². The summed E-state index contributed by atoms with van der Waals surface area (Å²) < 4.78 is 0. The van der Waals surface area contributed by atoms with E-state index in [-0.39, 0.29) is 5.91 Å². The van der Waals surface area contributed by atoms with E-state index in [0.29, 0.717) is 0 Å². The smallest absolute Gasteiger partial charge is 0.255 e. The molecule has 21 heavy (non-hydrogen) atoms. The summed E-state index contributed by atoms with van der Waals surface area (Å²) in [5.74, 6) is -0.00583. The van der Waals surface area contributed by atoms with Crippen LogP contribution in [-0.2, 0) is 19.3 Å². The van der Waals surface area contributed by atoms with Gasteiger partial charge in [0.1, 0.15) is 0 Å². The van der Waals surface area contributed by atoms with Gasteiger partial charge in [-0.25, -0.2) is 0 Å². The van der Waals surface area contributed by atoms with Gasteiger partial charge in [0.05, 0.1) is 0 Å². The summed E-state index contributed by atoms with van der Waals surface area (Å²) in [7, 11) is 0. The van der Waals surface area contributed by atoms with Crippen LogP contribution in [0.5, 0.6) is 0 Å². The van der Waals surface area contributed by atoms with Crippen molar-refractivity contribution in [1.82, 2.24) is 0 Å². The number of rotatable bonds is 3. The number of hydrogen-bond donors (Lipinski definition) is 1. The first kappa shape index (κ1) is 13.9. The normalized spacial score (nSPS) is 13.0. The number of fused-ring (bicyclic) bond motifs is 1. The van der Waals surface area contributed by atoms with E-state index in [1.807, 2.05) is 25.1 Å². The zero-order valence-electron chi connectivity index (χ0n) is 12.7. The Morgan fingerprint density at radius 3 is 2.76 bits per heavy atom. The van der Waals surface area contributed by atoms with Crippen molar-refractivity contribution < 1.29 is 4.79 Å². The van der Waals surface area contributed by atoms with Gasteiger partial charge in [-0.1, -0.05) is 31.2 Å². The average molecular weight is 279 g/mol. The third-order valence-electron chi connectivity index (χ3n) is 4.34. The molecule has 2 aromatic rings. The summed E-state index contributed by atoms with van der Waals surface area (Å²) in [6, 6.07) is 12.3. The van der Waals surface area contributed by atoms with E-state index in [1.165, 1.54) is 23.1 Å². The fourth-order valence-corrected chi connectivity index (χ4v) is 3.10. The molecule has 0 aromatic heterocycles. The summed E-state index contributed by atoms with van der Waals surface area (Å²) in [6.45, 7) is 4.15. The van der Waals surface area contributed by atoms with Crippen molar-refractivity contribution >= 4 is 11.6 Å². The average Bonchev–Trinajstić information content (AvgIpc) is 2.96. The first-order chi connectivity index (χ1) is 10.2.